The minimum atomic E-state index is -3.23. The van der Waals surface area contributed by atoms with Gasteiger partial charge in [-0.15, -0.1) is 0 Å². The van der Waals surface area contributed by atoms with Crippen LogP contribution in [0.5, 0.6) is 0 Å². The number of nitrogens with zero attached hydrogens (tertiary/aromatic N) is 3. The molecule has 0 spiro atoms. The van der Waals surface area contributed by atoms with E-state index in [4.69, 9.17) is 0 Å². The summed E-state index contributed by atoms with van der Waals surface area (Å²) in [4.78, 5) is 4.32. The van der Waals surface area contributed by atoms with Gasteiger partial charge in [0, 0.05) is 12.2 Å². The zero-order valence-electron chi connectivity index (χ0n) is 11.7. The highest BCUT2D eigenvalue weighted by Gasteiger charge is 2.38. The molecule has 108 valence electrons. The lowest BCUT2D eigenvalue weighted by Crippen LogP contribution is -2.37. The molecule has 2 heterocycles. The molecule has 1 aliphatic carbocycles. The summed E-state index contributed by atoms with van der Waals surface area (Å²) in [6.07, 6.45) is 5.61. The third kappa shape index (κ3) is 2.33. The van der Waals surface area contributed by atoms with Crippen LogP contribution in [-0.4, -0.2) is 33.4 Å². The molecular formula is C14H19N3O2S. The molecule has 2 aromatic heterocycles. The van der Waals surface area contributed by atoms with Crippen LogP contribution in [0.15, 0.2) is 30.6 Å². The van der Waals surface area contributed by atoms with Gasteiger partial charge in [-0.3, -0.25) is 0 Å². The second-order valence-corrected chi connectivity index (χ2v) is 7.99. The van der Waals surface area contributed by atoms with Gasteiger partial charge in [-0.05, 0) is 38.8 Å². The van der Waals surface area contributed by atoms with Crippen LogP contribution in [0.1, 0.15) is 32.4 Å². The number of hydrogen-bond acceptors (Lipinski definition) is 3. The average molecular weight is 293 g/mol. The molecule has 0 atom stereocenters. The molecule has 20 heavy (non-hydrogen) atoms. The van der Waals surface area contributed by atoms with Gasteiger partial charge < -0.3 is 4.40 Å². The Bertz CT molecular complexity index is 717. The van der Waals surface area contributed by atoms with Crippen LogP contribution in [0.25, 0.3) is 5.65 Å². The van der Waals surface area contributed by atoms with E-state index in [1.807, 2.05) is 28.8 Å². The first kappa shape index (κ1) is 13.6. The standard InChI is InChI=1S/C14H19N3O2S/c1-11(2)20(18,19)17(12-6-7-12)10-13-9-15-14-5-3-4-8-16(13)14/h3-5,8-9,11-12H,6-7,10H2,1-2H3. The third-order valence-electron chi connectivity index (χ3n) is 3.69. The van der Waals surface area contributed by atoms with E-state index in [0.717, 1.165) is 24.2 Å². The van der Waals surface area contributed by atoms with Crippen LogP contribution >= 0.6 is 0 Å². The number of hydrogen-bond donors (Lipinski definition) is 0. The Morgan fingerprint density at radius 2 is 2.15 bits per heavy atom. The van der Waals surface area contributed by atoms with E-state index in [2.05, 4.69) is 4.98 Å². The van der Waals surface area contributed by atoms with E-state index < -0.39 is 10.0 Å². The maximum atomic E-state index is 12.5. The lowest BCUT2D eigenvalue weighted by molar-refractivity contribution is 0.389. The fourth-order valence-corrected chi connectivity index (χ4v) is 3.80. The molecule has 0 radical (unpaired) electrons. The Labute approximate surface area is 119 Å². The molecule has 0 aromatic carbocycles. The molecule has 2 aromatic rings. The van der Waals surface area contributed by atoms with Gasteiger partial charge in [0.05, 0.1) is 23.7 Å². The van der Waals surface area contributed by atoms with Crippen molar-refractivity contribution in [3.8, 4) is 0 Å². The number of aromatic nitrogens is 2. The highest BCUT2D eigenvalue weighted by atomic mass is 32.2. The molecule has 1 saturated carbocycles. The zero-order chi connectivity index (χ0) is 14.3. The number of fused-ring (bicyclic) bond motifs is 1. The number of imidazole rings is 1. The molecule has 1 fully saturated rings. The minimum absolute atomic E-state index is 0.164. The molecule has 0 unspecified atom stereocenters. The molecule has 0 amide bonds. The summed E-state index contributed by atoms with van der Waals surface area (Å²) < 4.78 is 28.5. The summed E-state index contributed by atoms with van der Waals surface area (Å²) in [5.41, 5.74) is 1.76. The quantitative estimate of drug-likeness (QED) is 0.847. The SMILES string of the molecule is CC(C)S(=O)(=O)N(Cc1cnc2ccccn12)C1CC1. The van der Waals surface area contributed by atoms with Crippen molar-refractivity contribution in [1.29, 1.82) is 0 Å². The fourth-order valence-electron chi connectivity index (χ4n) is 2.32. The van der Waals surface area contributed by atoms with Crippen molar-refractivity contribution in [1.82, 2.24) is 13.7 Å². The summed E-state index contributed by atoms with van der Waals surface area (Å²) in [7, 11) is -3.23. The van der Waals surface area contributed by atoms with Gasteiger partial charge in [0.25, 0.3) is 0 Å². The zero-order valence-corrected chi connectivity index (χ0v) is 12.5. The summed E-state index contributed by atoms with van der Waals surface area (Å²) in [5.74, 6) is 0. The molecule has 0 saturated heterocycles. The Kier molecular flexibility index (Phi) is 3.30. The van der Waals surface area contributed by atoms with Gasteiger partial charge in [-0.1, -0.05) is 6.07 Å². The van der Waals surface area contributed by atoms with Crippen LogP contribution in [0.4, 0.5) is 0 Å². The third-order valence-corrected chi connectivity index (χ3v) is 5.96. The second kappa shape index (κ2) is 4.86. The van der Waals surface area contributed by atoms with Gasteiger partial charge in [0.15, 0.2) is 0 Å². The van der Waals surface area contributed by atoms with Crippen molar-refractivity contribution in [2.45, 2.75) is 44.5 Å². The van der Waals surface area contributed by atoms with Crippen molar-refractivity contribution in [3.05, 3.63) is 36.3 Å². The van der Waals surface area contributed by atoms with E-state index in [1.165, 1.54) is 0 Å². The molecule has 0 N–H and O–H groups in total. The summed E-state index contributed by atoms with van der Waals surface area (Å²) in [6.45, 7) is 3.87. The van der Waals surface area contributed by atoms with Crippen LogP contribution in [0, 0.1) is 0 Å². The van der Waals surface area contributed by atoms with E-state index in [-0.39, 0.29) is 11.3 Å². The van der Waals surface area contributed by atoms with E-state index in [0.29, 0.717) is 6.54 Å². The monoisotopic (exact) mass is 293 g/mol. The normalized spacial score (nSPS) is 16.4. The smallest absolute Gasteiger partial charge is 0.217 e. The van der Waals surface area contributed by atoms with Gasteiger partial charge >= 0.3 is 0 Å². The molecule has 6 heteroatoms. The first-order chi connectivity index (χ1) is 9.50. The molecule has 0 bridgehead atoms. The second-order valence-electron chi connectivity index (χ2n) is 5.55. The van der Waals surface area contributed by atoms with E-state index in [1.54, 1.807) is 24.3 Å². The number of pyridine rings is 1. The largest absolute Gasteiger partial charge is 0.303 e. The maximum Gasteiger partial charge on any atom is 0.217 e. The van der Waals surface area contributed by atoms with Gasteiger partial charge in [-0.25, -0.2) is 13.4 Å². The first-order valence-corrected chi connectivity index (χ1v) is 8.42. The Morgan fingerprint density at radius 3 is 2.80 bits per heavy atom. The summed E-state index contributed by atoms with van der Waals surface area (Å²) in [6, 6.07) is 5.94. The van der Waals surface area contributed by atoms with Gasteiger partial charge in [0.1, 0.15) is 5.65 Å². The topological polar surface area (TPSA) is 54.7 Å². The lowest BCUT2D eigenvalue weighted by atomic mass is 10.4. The first-order valence-electron chi connectivity index (χ1n) is 6.92. The van der Waals surface area contributed by atoms with Crippen molar-refractivity contribution in [2.24, 2.45) is 0 Å². The Hall–Kier alpha value is -1.40. The maximum absolute atomic E-state index is 12.5. The highest BCUT2D eigenvalue weighted by Crippen LogP contribution is 2.32. The van der Waals surface area contributed by atoms with E-state index in [9.17, 15) is 8.42 Å². The van der Waals surface area contributed by atoms with Gasteiger partial charge in [0.2, 0.25) is 10.0 Å². The van der Waals surface area contributed by atoms with Crippen LogP contribution in [0.3, 0.4) is 0 Å². The summed E-state index contributed by atoms with van der Waals surface area (Å²) in [5, 5.41) is -0.387. The summed E-state index contributed by atoms with van der Waals surface area (Å²) >= 11 is 0. The van der Waals surface area contributed by atoms with Crippen LogP contribution in [-0.2, 0) is 16.6 Å². The molecule has 5 nitrogen and oxygen atoms in total. The minimum Gasteiger partial charge on any atom is -0.303 e. The molecule has 3 rings (SSSR count). The predicted octanol–water partition coefficient (Wildman–Crippen LogP) is 2.04. The lowest BCUT2D eigenvalue weighted by Gasteiger charge is -2.23. The molecule has 0 aliphatic heterocycles. The predicted molar refractivity (Wildman–Crippen MR) is 77.8 cm³/mol. The van der Waals surface area contributed by atoms with Crippen molar-refractivity contribution in [2.75, 3.05) is 0 Å². The van der Waals surface area contributed by atoms with E-state index >= 15 is 0 Å². The molecular weight excluding hydrogens is 274 g/mol. The van der Waals surface area contributed by atoms with Crippen molar-refractivity contribution in [3.63, 3.8) is 0 Å². The number of rotatable bonds is 5. The van der Waals surface area contributed by atoms with Crippen LogP contribution < -0.4 is 0 Å². The Morgan fingerprint density at radius 1 is 1.40 bits per heavy atom. The van der Waals surface area contributed by atoms with Crippen LogP contribution in [0.2, 0.25) is 0 Å². The van der Waals surface area contributed by atoms with Gasteiger partial charge in [-0.2, -0.15) is 4.31 Å². The van der Waals surface area contributed by atoms with Crippen molar-refractivity contribution < 1.29 is 8.42 Å². The number of sulfonamides is 1. The Balaban J connectivity index is 1.95. The van der Waals surface area contributed by atoms with Crippen molar-refractivity contribution >= 4 is 15.7 Å². The fraction of sp³-hybridized carbons (Fsp3) is 0.500. The average Bonchev–Trinajstić information content (AvgIpc) is 3.17. The highest BCUT2D eigenvalue weighted by molar-refractivity contribution is 7.89. The molecule has 1 aliphatic rings.